The summed E-state index contributed by atoms with van der Waals surface area (Å²) in [6, 6.07) is 6.99. The second-order valence-corrected chi connectivity index (χ2v) is 8.24. The fourth-order valence-electron chi connectivity index (χ4n) is 2.57. The molecule has 23 heavy (non-hydrogen) atoms. The van der Waals surface area contributed by atoms with Gasteiger partial charge in [0.1, 0.15) is 6.04 Å². The van der Waals surface area contributed by atoms with Gasteiger partial charge >= 0.3 is 0 Å². The van der Waals surface area contributed by atoms with Gasteiger partial charge in [-0.05, 0) is 19.4 Å². The molecule has 1 unspecified atom stereocenters. The molecule has 1 N–H and O–H groups in total. The average molecular weight is 338 g/mol. The van der Waals surface area contributed by atoms with Gasteiger partial charge in [-0.2, -0.15) is 0 Å². The van der Waals surface area contributed by atoms with Gasteiger partial charge in [-0.3, -0.25) is 9.59 Å². The molecule has 1 fully saturated rings. The maximum Gasteiger partial charge on any atom is 0.244 e. The van der Waals surface area contributed by atoms with Crippen molar-refractivity contribution in [1.29, 1.82) is 0 Å². The number of hydrogen-bond acceptors (Lipinski definition) is 4. The lowest BCUT2D eigenvalue weighted by atomic mass is 10.1. The summed E-state index contributed by atoms with van der Waals surface area (Å²) in [6.45, 7) is 3.97. The number of hydrogen-bond donors (Lipinski definition) is 1. The van der Waals surface area contributed by atoms with E-state index in [-0.39, 0.29) is 42.8 Å². The van der Waals surface area contributed by atoms with Crippen LogP contribution in [0.25, 0.3) is 0 Å². The summed E-state index contributed by atoms with van der Waals surface area (Å²) in [5.41, 5.74) is 1.97. The molecule has 2 rings (SSSR count). The Hall–Kier alpha value is -1.89. The van der Waals surface area contributed by atoms with Crippen LogP contribution in [-0.2, 0) is 25.8 Å². The van der Waals surface area contributed by atoms with E-state index in [2.05, 4.69) is 5.32 Å². The molecule has 1 heterocycles. The van der Waals surface area contributed by atoms with Crippen LogP contribution >= 0.6 is 0 Å². The second kappa shape index (κ2) is 7.12. The number of benzene rings is 1. The van der Waals surface area contributed by atoms with E-state index in [1.54, 1.807) is 6.92 Å². The number of nitrogens with one attached hydrogen (secondary N) is 1. The first-order valence-corrected chi connectivity index (χ1v) is 9.43. The van der Waals surface area contributed by atoms with Crippen molar-refractivity contribution in [3.63, 3.8) is 0 Å². The van der Waals surface area contributed by atoms with Crippen molar-refractivity contribution in [2.45, 2.75) is 26.3 Å². The molecule has 1 aromatic rings. The maximum atomic E-state index is 12.3. The van der Waals surface area contributed by atoms with E-state index >= 15 is 0 Å². The average Bonchev–Trinajstić information content (AvgIpc) is 2.46. The molecule has 7 heteroatoms. The lowest BCUT2D eigenvalue weighted by Crippen LogP contribution is -2.51. The monoisotopic (exact) mass is 338 g/mol. The van der Waals surface area contributed by atoms with E-state index in [0.29, 0.717) is 0 Å². The molecule has 0 aromatic heterocycles. The van der Waals surface area contributed by atoms with Gasteiger partial charge in [-0.25, -0.2) is 8.42 Å². The van der Waals surface area contributed by atoms with Crippen LogP contribution in [0.3, 0.4) is 0 Å². The molecule has 1 atom stereocenters. The van der Waals surface area contributed by atoms with Crippen molar-refractivity contribution in [2.75, 3.05) is 24.6 Å². The highest BCUT2D eigenvalue weighted by Gasteiger charge is 2.28. The zero-order valence-corrected chi connectivity index (χ0v) is 14.2. The smallest absolute Gasteiger partial charge is 0.244 e. The Morgan fingerprint density at radius 3 is 2.52 bits per heavy atom. The summed E-state index contributed by atoms with van der Waals surface area (Å²) in [4.78, 5) is 25.8. The fourth-order valence-corrected chi connectivity index (χ4v) is 3.77. The molecule has 1 aliphatic rings. The third-order valence-electron chi connectivity index (χ3n) is 3.85. The first-order valence-electron chi connectivity index (χ1n) is 7.61. The van der Waals surface area contributed by atoms with Gasteiger partial charge in [0.05, 0.1) is 17.9 Å². The Morgan fingerprint density at radius 2 is 1.91 bits per heavy atom. The first kappa shape index (κ1) is 17.5. The molecule has 0 radical (unpaired) electrons. The van der Waals surface area contributed by atoms with E-state index in [0.717, 1.165) is 11.1 Å². The van der Waals surface area contributed by atoms with Crippen molar-refractivity contribution in [1.82, 2.24) is 10.2 Å². The van der Waals surface area contributed by atoms with Crippen molar-refractivity contribution >= 4 is 21.7 Å². The molecular formula is C16H22N2O4S. The van der Waals surface area contributed by atoms with E-state index in [1.807, 2.05) is 31.2 Å². The third kappa shape index (κ3) is 5.06. The van der Waals surface area contributed by atoms with Gasteiger partial charge < -0.3 is 10.2 Å². The molecule has 0 bridgehead atoms. The normalized spacial score (nSPS) is 18.3. The van der Waals surface area contributed by atoms with Crippen LogP contribution in [0, 0.1) is 6.92 Å². The summed E-state index contributed by atoms with van der Waals surface area (Å²) in [7, 11) is -3.02. The minimum atomic E-state index is -3.02. The van der Waals surface area contributed by atoms with Gasteiger partial charge in [-0.1, -0.05) is 29.8 Å². The van der Waals surface area contributed by atoms with E-state index in [4.69, 9.17) is 0 Å². The van der Waals surface area contributed by atoms with Crippen molar-refractivity contribution in [2.24, 2.45) is 0 Å². The van der Waals surface area contributed by atoms with Crippen LogP contribution in [0.2, 0.25) is 0 Å². The van der Waals surface area contributed by atoms with E-state index in [9.17, 15) is 18.0 Å². The molecule has 0 saturated carbocycles. The summed E-state index contributed by atoms with van der Waals surface area (Å²) in [5, 5.41) is 2.69. The zero-order valence-electron chi connectivity index (χ0n) is 13.4. The Labute approximate surface area is 136 Å². The molecule has 2 amide bonds. The van der Waals surface area contributed by atoms with Gasteiger partial charge in [-0.15, -0.1) is 0 Å². The van der Waals surface area contributed by atoms with Crippen LogP contribution in [0.15, 0.2) is 24.3 Å². The number of amides is 2. The minimum Gasteiger partial charge on any atom is -0.344 e. The van der Waals surface area contributed by atoms with Crippen LogP contribution in [0.4, 0.5) is 0 Å². The predicted molar refractivity (Wildman–Crippen MR) is 87.7 cm³/mol. The topological polar surface area (TPSA) is 83.6 Å². The Kier molecular flexibility index (Phi) is 5.41. The maximum absolute atomic E-state index is 12.3. The Morgan fingerprint density at radius 1 is 1.26 bits per heavy atom. The lowest BCUT2D eigenvalue weighted by molar-refractivity contribution is -0.135. The fraction of sp³-hybridized carbons (Fsp3) is 0.500. The minimum absolute atomic E-state index is 0.0112. The molecule has 126 valence electrons. The number of rotatable bonds is 4. The molecule has 0 aliphatic carbocycles. The van der Waals surface area contributed by atoms with Crippen LogP contribution in [-0.4, -0.2) is 55.8 Å². The number of aryl methyl sites for hydroxylation is 1. The molecule has 6 nitrogen and oxygen atoms in total. The molecule has 1 aliphatic heterocycles. The van der Waals surface area contributed by atoms with Crippen LogP contribution in [0.5, 0.6) is 0 Å². The van der Waals surface area contributed by atoms with Crippen molar-refractivity contribution in [3.8, 4) is 0 Å². The Balaban J connectivity index is 1.87. The Bertz CT molecular complexity index is 686. The molecular weight excluding hydrogens is 316 g/mol. The highest BCUT2D eigenvalue weighted by atomic mass is 32.2. The molecule has 0 spiro atoms. The van der Waals surface area contributed by atoms with Gasteiger partial charge in [0.2, 0.25) is 11.8 Å². The predicted octanol–water partition coefficient (Wildman–Crippen LogP) is 0.299. The van der Waals surface area contributed by atoms with Crippen LogP contribution in [0.1, 0.15) is 18.1 Å². The van der Waals surface area contributed by atoms with Crippen molar-refractivity contribution in [3.05, 3.63) is 35.4 Å². The van der Waals surface area contributed by atoms with Gasteiger partial charge in [0.25, 0.3) is 0 Å². The largest absolute Gasteiger partial charge is 0.344 e. The zero-order chi connectivity index (χ0) is 17.0. The third-order valence-corrected chi connectivity index (χ3v) is 5.46. The lowest BCUT2D eigenvalue weighted by Gasteiger charge is -2.29. The molecule has 1 aromatic carbocycles. The van der Waals surface area contributed by atoms with Crippen molar-refractivity contribution < 1.29 is 18.0 Å². The van der Waals surface area contributed by atoms with Gasteiger partial charge in [0, 0.05) is 13.1 Å². The first-order chi connectivity index (χ1) is 10.8. The summed E-state index contributed by atoms with van der Waals surface area (Å²) >= 11 is 0. The number of carbonyl (C=O) groups is 2. The number of nitrogens with zero attached hydrogens (tertiary/aromatic N) is 1. The van der Waals surface area contributed by atoms with E-state index < -0.39 is 15.9 Å². The highest BCUT2D eigenvalue weighted by molar-refractivity contribution is 7.91. The second-order valence-electron chi connectivity index (χ2n) is 5.93. The summed E-state index contributed by atoms with van der Waals surface area (Å²) in [5.74, 6) is -0.482. The summed E-state index contributed by atoms with van der Waals surface area (Å²) < 4.78 is 22.8. The van der Waals surface area contributed by atoms with Gasteiger partial charge in [0.15, 0.2) is 9.84 Å². The van der Waals surface area contributed by atoms with E-state index in [1.165, 1.54) is 4.90 Å². The van der Waals surface area contributed by atoms with Crippen LogP contribution < -0.4 is 5.32 Å². The summed E-state index contributed by atoms with van der Waals surface area (Å²) in [6.07, 6.45) is 0.216. The SMILES string of the molecule is Cc1cccc(CC(=O)NC(C)C(=O)N2CCS(=O)(=O)CC2)c1. The quantitative estimate of drug-likeness (QED) is 0.856. The molecule has 1 saturated heterocycles. The standard InChI is InChI=1S/C16H22N2O4S/c1-12-4-3-5-14(10-12)11-15(19)17-13(2)16(20)18-6-8-23(21,22)9-7-18/h3-5,10,13H,6-9,11H2,1-2H3,(H,17,19). The number of sulfone groups is 1. The highest BCUT2D eigenvalue weighted by Crippen LogP contribution is 2.07. The number of carbonyl (C=O) groups excluding carboxylic acids is 2.